The third-order valence-electron chi connectivity index (χ3n) is 4.71. The van der Waals surface area contributed by atoms with Gasteiger partial charge in [0.15, 0.2) is 0 Å². The highest BCUT2D eigenvalue weighted by Crippen LogP contribution is 2.32. The van der Waals surface area contributed by atoms with Crippen molar-refractivity contribution in [3.63, 3.8) is 0 Å². The molecule has 2 fully saturated rings. The summed E-state index contributed by atoms with van der Waals surface area (Å²) in [5.41, 5.74) is 0.186. The summed E-state index contributed by atoms with van der Waals surface area (Å²) < 4.78 is 6.37. The summed E-state index contributed by atoms with van der Waals surface area (Å²) in [4.78, 5) is 0. The third kappa shape index (κ3) is 5.83. The first-order valence-corrected chi connectivity index (χ1v) is 8.72. The molecule has 0 amide bonds. The van der Waals surface area contributed by atoms with E-state index in [9.17, 15) is 0 Å². The van der Waals surface area contributed by atoms with Gasteiger partial charge < -0.3 is 10.1 Å². The van der Waals surface area contributed by atoms with Crippen molar-refractivity contribution >= 4 is 0 Å². The number of rotatable bonds is 10. The molecular formula is C17H33NO. The van der Waals surface area contributed by atoms with Gasteiger partial charge in [0.25, 0.3) is 0 Å². The SMILES string of the molecule is CCCCCCCOC1(CNC2CC2)CCCCC1. The van der Waals surface area contributed by atoms with Crippen molar-refractivity contribution in [3.8, 4) is 0 Å². The van der Waals surface area contributed by atoms with Crippen LogP contribution in [0.3, 0.4) is 0 Å². The zero-order valence-electron chi connectivity index (χ0n) is 12.9. The molecule has 1 N–H and O–H groups in total. The Labute approximate surface area is 119 Å². The summed E-state index contributed by atoms with van der Waals surface area (Å²) in [6, 6.07) is 0.812. The fourth-order valence-corrected chi connectivity index (χ4v) is 3.18. The third-order valence-corrected chi connectivity index (χ3v) is 4.71. The minimum Gasteiger partial charge on any atom is -0.374 e. The fraction of sp³-hybridized carbons (Fsp3) is 1.00. The second-order valence-corrected chi connectivity index (χ2v) is 6.66. The van der Waals surface area contributed by atoms with Crippen LogP contribution in [0.2, 0.25) is 0 Å². The van der Waals surface area contributed by atoms with E-state index >= 15 is 0 Å². The maximum absolute atomic E-state index is 6.37. The van der Waals surface area contributed by atoms with Crippen LogP contribution in [0, 0.1) is 0 Å². The van der Waals surface area contributed by atoms with Gasteiger partial charge in [-0.1, -0.05) is 51.9 Å². The van der Waals surface area contributed by atoms with Crippen molar-refractivity contribution in [3.05, 3.63) is 0 Å². The molecule has 0 saturated heterocycles. The van der Waals surface area contributed by atoms with Gasteiger partial charge in [0, 0.05) is 19.2 Å². The van der Waals surface area contributed by atoms with Gasteiger partial charge in [-0.2, -0.15) is 0 Å². The van der Waals surface area contributed by atoms with E-state index in [0.717, 1.165) is 19.2 Å². The normalized spacial score (nSPS) is 22.6. The molecule has 0 aliphatic heterocycles. The largest absolute Gasteiger partial charge is 0.374 e. The van der Waals surface area contributed by atoms with E-state index in [1.54, 1.807) is 0 Å². The summed E-state index contributed by atoms with van der Waals surface area (Å²) in [7, 11) is 0. The van der Waals surface area contributed by atoms with E-state index in [1.807, 2.05) is 0 Å². The van der Waals surface area contributed by atoms with E-state index < -0.39 is 0 Å². The van der Waals surface area contributed by atoms with Crippen LogP contribution in [0.1, 0.15) is 84.0 Å². The van der Waals surface area contributed by atoms with Crippen LogP contribution in [0.5, 0.6) is 0 Å². The first-order chi connectivity index (χ1) is 9.35. The predicted molar refractivity (Wildman–Crippen MR) is 81.6 cm³/mol. The van der Waals surface area contributed by atoms with Crippen LogP contribution < -0.4 is 5.32 Å². The molecule has 19 heavy (non-hydrogen) atoms. The van der Waals surface area contributed by atoms with Gasteiger partial charge in [-0.15, -0.1) is 0 Å². The molecule has 2 heteroatoms. The monoisotopic (exact) mass is 267 g/mol. The number of unbranched alkanes of at least 4 members (excludes halogenated alkanes) is 4. The summed E-state index contributed by atoms with van der Waals surface area (Å²) in [6.45, 7) is 4.36. The standard InChI is InChI=1S/C17H33NO/c1-2-3-4-5-9-14-19-17(12-7-6-8-13-17)15-18-16-10-11-16/h16,18H,2-15H2,1H3. The van der Waals surface area contributed by atoms with E-state index in [-0.39, 0.29) is 5.60 Å². The van der Waals surface area contributed by atoms with Crippen molar-refractivity contribution in [2.45, 2.75) is 95.6 Å². The molecule has 2 aliphatic rings. The molecule has 2 rings (SSSR count). The Hall–Kier alpha value is -0.0800. The van der Waals surface area contributed by atoms with E-state index in [4.69, 9.17) is 4.74 Å². The zero-order chi connectivity index (χ0) is 13.4. The Morgan fingerprint density at radius 3 is 2.42 bits per heavy atom. The Kier molecular flexibility index (Phi) is 6.66. The molecular weight excluding hydrogens is 234 g/mol. The van der Waals surface area contributed by atoms with Crippen LogP contribution in [0.25, 0.3) is 0 Å². The number of hydrogen-bond acceptors (Lipinski definition) is 2. The van der Waals surface area contributed by atoms with Crippen LogP contribution >= 0.6 is 0 Å². The molecule has 0 aromatic rings. The summed E-state index contributed by atoms with van der Waals surface area (Å²) in [6.07, 6.45) is 16.2. The van der Waals surface area contributed by atoms with Gasteiger partial charge in [0.1, 0.15) is 0 Å². The molecule has 0 spiro atoms. The van der Waals surface area contributed by atoms with Crippen LogP contribution in [-0.4, -0.2) is 24.8 Å². The fourth-order valence-electron chi connectivity index (χ4n) is 3.18. The van der Waals surface area contributed by atoms with Gasteiger partial charge >= 0.3 is 0 Å². The summed E-state index contributed by atoms with van der Waals surface area (Å²) in [5.74, 6) is 0. The summed E-state index contributed by atoms with van der Waals surface area (Å²) >= 11 is 0. The van der Waals surface area contributed by atoms with Crippen molar-refractivity contribution in [1.29, 1.82) is 0 Å². The molecule has 2 saturated carbocycles. The smallest absolute Gasteiger partial charge is 0.0806 e. The van der Waals surface area contributed by atoms with Gasteiger partial charge in [0.2, 0.25) is 0 Å². The molecule has 2 aliphatic carbocycles. The lowest BCUT2D eigenvalue weighted by molar-refractivity contribution is -0.0698. The molecule has 0 atom stereocenters. The van der Waals surface area contributed by atoms with E-state index in [0.29, 0.717) is 0 Å². The Balaban J connectivity index is 1.64. The van der Waals surface area contributed by atoms with Gasteiger partial charge in [0.05, 0.1) is 5.60 Å². The zero-order valence-corrected chi connectivity index (χ0v) is 12.9. The van der Waals surface area contributed by atoms with E-state index in [2.05, 4.69) is 12.2 Å². The van der Waals surface area contributed by atoms with Crippen LogP contribution in [-0.2, 0) is 4.74 Å². The van der Waals surface area contributed by atoms with Crippen molar-refractivity contribution < 1.29 is 4.74 Å². The van der Waals surface area contributed by atoms with Crippen LogP contribution in [0.4, 0.5) is 0 Å². The minimum atomic E-state index is 0.186. The quantitative estimate of drug-likeness (QED) is 0.591. The molecule has 0 aromatic heterocycles. The van der Waals surface area contributed by atoms with Crippen molar-refractivity contribution in [2.75, 3.05) is 13.2 Å². The van der Waals surface area contributed by atoms with Crippen molar-refractivity contribution in [1.82, 2.24) is 5.32 Å². The second-order valence-electron chi connectivity index (χ2n) is 6.66. The number of hydrogen-bond donors (Lipinski definition) is 1. The lowest BCUT2D eigenvalue weighted by Crippen LogP contribution is -2.45. The highest BCUT2D eigenvalue weighted by Gasteiger charge is 2.34. The maximum Gasteiger partial charge on any atom is 0.0806 e. The first kappa shape index (κ1) is 15.3. The Morgan fingerprint density at radius 1 is 1.00 bits per heavy atom. The molecule has 0 unspecified atom stereocenters. The molecule has 2 nitrogen and oxygen atoms in total. The molecule has 0 heterocycles. The predicted octanol–water partition coefficient (Wildman–Crippen LogP) is 4.43. The second kappa shape index (κ2) is 8.26. The Morgan fingerprint density at radius 2 is 1.74 bits per heavy atom. The van der Waals surface area contributed by atoms with Gasteiger partial charge in [-0.3, -0.25) is 0 Å². The topological polar surface area (TPSA) is 21.3 Å². The van der Waals surface area contributed by atoms with Gasteiger partial charge in [-0.05, 0) is 32.1 Å². The average Bonchev–Trinajstić information content (AvgIpc) is 3.26. The lowest BCUT2D eigenvalue weighted by Gasteiger charge is -2.37. The maximum atomic E-state index is 6.37. The van der Waals surface area contributed by atoms with Crippen molar-refractivity contribution in [2.24, 2.45) is 0 Å². The highest BCUT2D eigenvalue weighted by atomic mass is 16.5. The first-order valence-electron chi connectivity index (χ1n) is 8.72. The number of nitrogens with one attached hydrogen (secondary N) is 1. The number of ether oxygens (including phenoxy) is 1. The molecule has 0 bridgehead atoms. The molecule has 0 radical (unpaired) electrons. The Bertz CT molecular complexity index is 231. The molecule has 112 valence electrons. The van der Waals surface area contributed by atoms with Gasteiger partial charge in [-0.25, -0.2) is 0 Å². The van der Waals surface area contributed by atoms with E-state index in [1.165, 1.54) is 77.0 Å². The molecule has 0 aromatic carbocycles. The summed E-state index contributed by atoms with van der Waals surface area (Å²) in [5, 5.41) is 3.70. The lowest BCUT2D eigenvalue weighted by atomic mass is 9.84. The van der Waals surface area contributed by atoms with Crippen LogP contribution in [0.15, 0.2) is 0 Å². The minimum absolute atomic E-state index is 0.186. The highest BCUT2D eigenvalue weighted by molar-refractivity contribution is 4.91. The average molecular weight is 267 g/mol.